The summed E-state index contributed by atoms with van der Waals surface area (Å²) in [6.45, 7) is 16.9. The van der Waals surface area contributed by atoms with Crippen molar-refractivity contribution in [1.82, 2.24) is 0 Å². The van der Waals surface area contributed by atoms with Gasteiger partial charge >= 0.3 is 0 Å². The standard InChI is InChI=1S/C11H16.2C2H6.CH3.Y/c1-8(2)11-9(3)6-5-7-10(11)4;2*1-2;;/h5-8H,1-4H3;2*1-2H3;1H3;/q;;;-1;. The van der Waals surface area contributed by atoms with Gasteiger partial charge in [0, 0.05) is 32.7 Å². The predicted octanol–water partition coefficient (Wildman–Crippen LogP) is 5.93. The first kappa shape index (κ1) is 26.0. The van der Waals surface area contributed by atoms with Crippen LogP contribution in [0.3, 0.4) is 0 Å². The summed E-state index contributed by atoms with van der Waals surface area (Å²) >= 11 is 0. The minimum Gasteiger partial charge on any atom is -0.358 e. The molecular formula is C16H31Y-. The molecule has 0 aliphatic rings. The minimum absolute atomic E-state index is 0. The molecule has 0 nitrogen and oxygen atoms in total. The molecule has 0 saturated heterocycles. The summed E-state index contributed by atoms with van der Waals surface area (Å²) in [6.07, 6.45) is 0. The number of benzene rings is 1. The van der Waals surface area contributed by atoms with Gasteiger partial charge in [-0.25, -0.2) is 0 Å². The van der Waals surface area contributed by atoms with Gasteiger partial charge in [-0.15, -0.1) is 0 Å². The normalized spacial score (nSPS) is 7.59. The second-order valence-corrected chi connectivity index (χ2v) is 3.46. The summed E-state index contributed by atoms with van der Waals surface area (Å²) in [4.78, 5) is 0. The van der Waals surface area contributed by atoms with E-state index in [0.717, 1.165) is 0 Å². The second-order valence-electron chi connectivity index (χ2n) is 3.46. The van der Waals surface area contributed by atoms with Gasteiger partial charge in [0.2, 0.25) is 0 Å². The van der Waals surface area contributed by atoms with Gasteiger partial charge in [0.15, 0.2) is 0 Å². The minimum atomic E-state index is 0. The molecule has 1 heteroatoms. The largest absolute Gasteiger partial charge is 0.358 e. The van der Waals surface area contributed by atoms with E-state index in [1.165, 1.54) is 16.7 Å². The van der Waals surface area contributed by atoms with Crippen LogP contribution in [0.1, 0.15) is 64.2 Å². The van der Waals surface area contributed by atoms with Gasteiger partial charge in [0.1, 0.15) is 0 Å². The van der Waals surface area contributed by atoms with Crippen LogP contribution >= 0.6 is 0 Å². The van der Waals surface area contributed by atoms with Crippen molar-refractivity contribution in [3.05, 3.63) is 42.3 Å². The molecule has 0 atom stereocenters. The maximum Gasteiger partial charge on any atom is 0 e. The topological polar surface area (TPSA) is 0 Å². The monoisotopic (exact) mass is 312 g/mol. The van der Waals surface area contributed by atoms with Crippen molar-refractivity contribution in [2.75, 3.05) is 0 Å². The molecule has 1 radical (unpaired) electrons. The average molecular weight is 312 g/mol. The van der Waals surface area contributed by atoms with Gasteiger partial charge in [0.25, 0.3) is 0 Å². The molecule has 0 spiro atoms. The molecular weight excluding hydrogens is 281 g/mol. The molecule has 0 aromatic heterocycles. The molecule has 0 aliphatic carbocycles. The number of hydrogen-bond acceptors (Lipinski definition) is 0. The Hall–Kier alpha value is 0.324. The maximum absolute atomic E-state index is 2.25. The van der Waals surface area contributed by atoms with Gasteiger partial charge in [-0.1, -0.05) is 59.7 Å². The van der Waals surface area contributed by atoms with Crippen LogP contribution in [0.15, 0.2) is 18.2 Å². The molecule has 1 aromatic rings. The SMILES string of the molecule is CC.CC.Cc1cccc(C)c1C(C)C.[CH3-].[Y]. The van der Waals surface area contributed by atoms with Crippen molar-refractivity contribution in [3.8, 4) is 0 Å². The summed E-state index contributed by atoms with van der Waals surface area (Å²) in [5, 5.41) is 0. The van der Waals surface area contributed by atoms with Crippen LogP contribution in [0.5, 0.6) is 0 Å². The van der Waals surface area contributed by atoms with E-state index < -0.39 is 0 Å². The van der Waals surface area contributed by atoms with Crippen LogP contribution in [0.25, 0.3) is 0 Å². The summed E-state index contributed by atoms with van der Waals surface area (Å²) in [5.74, 6) is 0.649. The first-order valence-corrected chi connectivity index (χ1v) is 6.19. The molecule has 1 rings (SSSR count). The van der Waals surface area contributed by atoms with Gasteiger partial charge in [-0.2, -0.15) is 0 Å². The van der Waals surface area contributed by atoms with E-state index in [9.17, 15) is 0 Å². The van der Waals surface area contributed by atoms with E-state index in [1.54, 1.807) is 0 Å². The Kier molecular flexibility index (Phi) is 25.0. The number of hydrogen-bond donors (Lipinski definition) is 0. The fourth-order valence-electron chi connectivity index (χ4n) is 1.74. The van der Waals surface area contributed by atoms with E-state index in [-0.39, 0.29) is 40.1 Å². The molecule has 0 unspecified atom stereocenters. The van der Waals surface area contributed by atoms with Crippen molar-refractivity contribution in [3.63, 3.8) is 0 Å². The summed E-state index contributed by atoms with van der Waals surface area (Å²) in [6, 6.07) is 6.49. The Morgan fingerprint density at radius 3 is 1.29 bits per heavy atom. The fraction of sp³-hybridized carbons (Fsp3) is 0.562. The first-order chi connectivity index (χ1) is 7.13. The Bertz CT molecular complexity index is 231. The van der Waals surface area contributed by atoms with Crippen molar-refractivity contribution >= 4 is 0 Å². The van der Waals surface area contributed by atoms with Crippen molar-refractivity contribution in [2.45, 2.75) is 61.3 Å². The molecule has 17 heavy (non-hydrogen) atoms. The third kappa shape index (κ3) is 9.97. The van der Waals surface area contributed by atoms with Crippen LogP contribution in [0.4, 0.5) is 0 Å². The van der Waals surface area contributed by atoms with Gasteiger partial charge in [-0.3, -0.25) is 0 Å². The number of rotatable bonds is 1. The Morgan fingerprint density at radius 2 is 1.12 bits per heavy atom. The molecule has 0 bridgehead atoms. The van der Waals surface area contributed by atoms with E-state index in [2.05, 4.69) is 45.9 Å². The van der Waals surface area contributed by atoms with Gasteiger partial charge < -0.3 is 7.43 Å². The third-order valence-corrected chi connectivity index (χ3v) is 2.12. The average Bonchev–Trinajstić information content (AvgIpc) is 2.23. The second kappa shape index (κ2) is 16.3. The third-order valence-electron chi connectivity index (χ3n) is 2.12. The Morgan fingerprint density at radius 1 is 0.824 bits per heavy atom. The predicted molar refractivity (Wildman–Crippen MR) is 79.1 cm³/mol. The molecule has 1 aromatic carbocycles. The molecule has 0 saturated carbocycles. The van der Waals surface area contributed by atoms with E-state index in [4.69, 9.17) is 0 Å². The van der Waals surface area contributed by atoms with Crippen LogP contribution in [0.2, 0.25) is 0 Å². The van der Waals surface area contributed by atoms with E-state index in [0.29, 0.717) is 5.92 Å². The summed E-state index contributed by atoms with van der Waals surface area (Å²) < 4.78 is 0. The Balaban J connectivity index is -0.000000128. The zero-order valence-corrected chi connectivity index (χ0v) is 16.2. The van der Waals surface area contributed by atoms with Crippen molar-refractivity contribution < 1.29 is 32.7 Å². The van der Waals surface area contributed by atoms with Crippen molar-refractivity contribution in [1.29, 1.82) is 0 Å². The zero-order chi connectivity index (χ0) is 12.4. The zero-order valence-electron chi connectivity index (χ0n) is 13.4. The summed E-state index contributed by atoms with van der Waals surface area (Å²) in [5.41, 5.74) is 4.34. The quantitative estimate of drug-likeness (QED) is 0.564. The van der Waals surface area contributed by atoms with E-state index >= 15 is 0 Å². The van der Waals surface area contributed by atoms with Gasteiger partial charge in [0.05, 0.1) is 0 Å². The van der Waals surface area contributed by atoms with Crippen LogP contribution in [0, 0.1) is 21.3 Å². The molecule has 0 aliphatic heterocycles. The van der Waals surface area contributed by atoms with Crippen LogP contribution in [-0.4, -0.2) is 0 Å². The molecule has 0 N–H and O–H groups in total. The van der Waals surface area contributed by atoms with Crippen molar-refractivity contribution in [2.24, 2.45) is 0 Å². The first-order valence-electron chi connectivity index (χ1n) is 6.19. The fourth-order valence-corrected chi connectivity index (χ4v) is 1.74. The maximum atomic E-state index is 2.25. The number of aryl methyl sites for hydroxylation is 2. The molecule has 0 heterocycles. The molecule has 0 fully saturated rings. The Labute approximate surface area is 135 Å². The summed E-state index contributed by atoms with van der Waals surface area (Å²) in [7, 11) is 0. The molecule has 99 valence electrons. The van der Waals surface area contributed by atoms with Crippen LogP contribution < -0.4 is 0 Å². The smallest absolute Gasteiger partial charge is 0 e. The van der Waals surface area contributed by atoms with Crippen LogP contribution in [-0.2, 0) is 32.7 Å². The van der Waals surface area contributed by atoms with Gasteiger partial charge in [-0.05, 0) is 36.5 Å². The molecule has 0 amide bonds. The van der Waals surface area contributed by atoms with E-state index in [1.807, 2.05) is 27.7 Å².